The molecule has 1 aromatic carbocycles. The van der Waals surface area contributed by atoms with Crippen molar-refractivity contribution in [1.29, 1.82) is 0 Å². The van der Waals surface area contributed by atoms with Crippen LogP contribution in [0.4, 0.5) is 11.5 Å². The molecule has 1 aliphatic carbocycles. The number of nitrogens with zero attached hydrogens (tertiary/aromatic N) is 1. The van der Waals surface area contributed by atoms with Crippen LogP contribution in [0.5, 0.6) is 5.75 Å². The molecule has 0 spiro atoms. The zero-order chi connectivity index (χ0) is 21.3. The number of amides is 1. The van der Waals surface area contributed by atoms with Gasteiger partial charge >= 0.3 is 5.97 Å². The summed E-state index contributed by atoms with van der Waals surface area (Å²) in [6.07, 6.45) is 3.37. The maximum absolute atomic E-state index is 12.7. The number of carbonyl (C=O) groups excluding carboxylic acids is 2. The van der Waals surface area contributed by atoms with Crippen LogP contribution in [0.1, 0.15) is 30.1 Å². The second-order valence-electron chi connectivity index (χ2n) is 6.98. The summed E-state index contributed by atoms with van der Waals surface area (Å²) in [5, 5.41) is 3.32. The number of pyridine rings is 1. The van der Waals surface area contributed by atoms with Gasteiger partial charge in [-0.05, 0) is 44.0 Å². The lowest BCUT2D eigenvalue weighted by molar-refractivity contribution is -0.117. The van der Waals surface area contributed by atoms with Gasteiger partial charge in [-0.2, -0.15) is 0 Å². The summed E-state index contributed by atoms with van der Waals surface area (Å²) >= 11 is 0. The van der Waals surface area contributed by atoms with Gasteiger partial charge in [-0.1, -0.05) is 6.07 Å². The Kier molecular flexibility index (Phi) is 5.17. The highest BCUT2D eigenvalue weighted by molar-refractivity contribution is 7.92. The minimum absolute atomic E-state index is 0.00628. The van der Waals surface area contributed by atoms with Crippen molar-refractivity contribution in [3.8, 4) is 5.75 Å². The third-order valence-corrected chi connectivity index (χ3v) is 5.95. The first kappa shape index (κ1) is 19.9. The van der Waals surface area contributed by atoms with E-state index in [1.165, 1.54) is 25.1 Å². The van der Waals surface area contributed by atoms with Gasteiger partial charge in [0.15, 0.2) is 0 Å². The molecule has 9 nitrogen and oxygen atoms in total. The average Bonchev–Trinajstić information content (AvgIpc) is 3.46. The molecule has 0 unspecified atom stereocenters. The fraction of sp³-hybridized carbons (Fsp3) is 0.250. The monoisotopic (exact) mass is 428 g/mol. The van der Waals surface area contributed by atoms with Gasteiger partial charge in [0.25, 0.3) is 0 Å². The Morgan fingerprint density at radius 3 is 2.77 bits per heavy atom. The summed E-state index contributed by atoms with van der Waals surface area (Å²) in [7, 11) is -3.47. The summed E-state index contributed by atoms with van der Waals surface area (Å²) in [6.45, 7) is 1.52. The molecule has 0 aliphatic heterocycles. The van der Waals surface area contributed by atoms with Gasteiger partial charge in [0.1, 0.15) is 17.2 Å². The number of H-pyrrole nitrogens is 1. The van der Waals surface area contributed by atoms with Crippen molar-refractivity contribution < 1.29 is 22.7 Å². The second kappa shape index (κ2) is 7.79. The van der Waals surface area contributed by atoms with Crippen molar-refractivity contribution in [2.75, 3.05) is 15.8 Å². The Morgan fingerprint density at radius 1 is 1.23 bits per heavy atom. The number of ether oxygens (including phenoxy) is 1. The third kappa shape index (κ3) is 4.43. The number of rotatable bonds is 7. The minimum atomic E-state index is -3.47. The molecule has 0 saturated heterocycles. The van der Waals surface area contributed by atoms with Gasteiger partial charge < -0.3 is 15.0 Å². The summed E-state index contributed by atoms with van der Waals surface area (Å²) < 4.78 is 31.5. The molecule has 1 saturated carbocycles. The number of aromatic amines is 1. The average molecular weight is 428 g/mol. The highest BCUT2D eigenvalue weighted by atomic mass is 32.2. The van der Waals surface area contributed by atoms with Crippen LogP contribution in [-0.4, -0.2) is 36.0 Å². The van der Waals surface area contributed by atoms with Gasteiger partial charge in [0, 0.05) is 23.9 Å². The number of esters is 1. The van der Waals surface area contributed by atoms with Crippen LogP contribution in [0.15, 0.2) is 42.6 Å². The number of sulfonamides is 1. The molecule has 2 heterocycles. The van der Waals surface area contributed by atoms with Gasteiger partial charge in [-0.3, -0.25) is 9.52 Å². The quantitative estimate of drug-likeness (QED) is 0.496. The maximum Gasteiger partial charge on any atom is 0.343 e. The van der Waals surface area contributed by atoms with E-state index in [4.69, 9.17) is 4.74 Å². The van der Waals surface area contributed by atoms with Gasteiger partial charge in [-0.25, -0.2) is 18.2 Å². The molecular weight excluding hydrogens is 408 g/mol. The normalized spacial score (nSPS) is 13.8. The molecule has 3 aromatic rings. The van der Waals surface area contributed by atoms with E-state index >= 15 is 0 Å². The number of aromatic nitrogens is 2. The SMILES string of the molecule is CCS(=O)(=O)Nc1cccc(C(=O)Oc2cc(NC(=O)C3CC3)nc3[nH]ccc23)c1. The largest absolute Gasteiger partial charge is 0.422 e. The van der Waals surface area contributed by atoms with Crippen LogP contribution in [-0.2, 0) is 14.8 Å². The summed E-state index contributed by atoms with van der Waals surface area (Å²) in [6, 6.07) is 9.25. The molecule has 4 rings (SSSR count). The number of anilines is 2. The lowest BCUT2D eigenvalue weighted by Gasteiger charge is -2.10. The number of benzene rings is 1. The molecule has 1 fully saturated rings. The lowest BCUT2D eigenvalue weighted by Crippen LogP contribution is -2.16. The Balaban J connectivity index is 1.58. The van der Waals surface area contributed by atoms with Crippen molar-refractivity contribution in [3.63, 3.8) is 0 Å². The molecule has 3 N–H and O–H groups in total. The molecule has 2 aromatic heterocycles. The fourth-order valence-corrected chi connectivity index (χ4v) is 3.48. The molecule has 156 valence electrons. The van der Waals surface area contributed by atoms with Crippen molar-refractivity contribution in [1.82, 2.24) is 9.97 Å². The highest BCUT2D eigenvalue weighted by Crippen LogP contribution is 2.32. The van der Waals surface area contributed by atoms with Crippen LogP contribution in [0.2, 0.25) is 0 Å². The summed E-state index contributed by atoms with van der Waals surface area (Å²) in [5.41, 5.74) is 0.913. The van der Waals surface area contributed by atoms with E-state index in [0.717, 1.165) is 12.8 Å². The van der Waals surface area contributed by atoms with Gasteiger partial charge in [0.2, 0.25) is 15.9 Å². The molecule has 0 atom stereocenters. The van der Waals surface area contributed by atoms with E-state index in [1.54, 1.807) is 24.4 Å². The number of nitrogens with one attached hydrogen (secondary N) is 3. The Bertz CT molecular complexity index is 1230. The molecule has 10 heteroatoms. The van der Waals surface area contributed by atoms with E-state index in [9.17, 15) is 18.0 Å². The number of fused-ring (bicyclic) bond motifs is 1. The first-order chi connectivity index (χ1) is 14.3. The predicted octanol–water partition coefficient (Wildman–Crippen LogP) is 2.89. The molecule has 0 bridgehead atoms. The van der Waals surface area contributed by atoms with Crippen LogP contribution >= 0.6 is 0 Å². The maximum atomic E-state index is 12.7. The number of hydrogen-bond donors (Lipinski definition) is 3. The topological polar surface area (TPSA) is 130 Å². The fourth-order valence-electron chi connectivity index (χ4n) is 2.85. The Hall–Kier alpha value is -3.40. The van der Waals surface area contributed by atoms with Crippen molar-refractivity contribution in [2.24, 2.45) is 5.92 Å². The zero-order valence-corrected chi connectivity index (χ0v) is 17.0. The Morgan fingerprint density at radius 2 is 2.03 bits per heavy atom. The first-order valence-electron chi connectivity index (χ1n) is 9.46. The van der Waals surface area contributed by atoms with E-state index in [1.807, 2.05) is 0 Å². The minimum Gasteiger partial charge on any atom is -0.422 e. The third-order valence-electron chi connectivity index (χ3n) is 4.64. The standard InChI is InChI=1S/C20H20N4O5S/c1-2-30(27,28)24-14-5-3-4-13(10-14)20(26)29-16-11-17(23-19(25)12-6-7-12)22-18-15(16)8-9-21-18/h3-5,8-12,24H,2,6-7H2,1H3,(H2,21,22,23,25). The van der Waals surface area contributed by atoms with Crippen molar-refractivity contribution in [2.45, 2.75) is 19.8 Å². The summed E-state index contributed by atoms with van der Waals surface area (Å²) in [4.78, 5) is 32.0. The van der Waals surface area contributed by atoms with Gasteiger partial charge in [0.05, 0.1) is 16.7 Å². The van der Waals surface area contributed by atoms with Crippen LogP contribution in [0, 0.1) is 5.92 Å². The molecule has 0 radical (unpaired) electrons. The van der Waals surface area contributed by atoms with Crippen LogP contribution < -0.4 is 14.8 Å². The first-order valence-corrected chi connectivity index (χ1v) is 11.1. The second-order valence-corrected chi connectivity index (χ2v) is 9.00. The Labute approximate surface area is 172 Å². The zero-order valence-electron chi connectivity index (χ0n) is 16.1. The van der Waals surface area contributed by atoms with Crippen molar-refractivity contribution in [3.05, 3.63) is 48.2 Å². The van der Waals surface area contributed by atoms with E-state index < -0.39 is 16.0 Å². The van der Waals surface area contributed by atoms with E-state index in [2.05, 4.69) is 20.0 Å². The van der Waals surface area contributed by atoms with Crippen molar-refractivity contribution >= 4 is 44.4 Å². The van der Waals surface area contributed by atoms with Crippen LogP contribution in [0.3, 0.4) is 0 Å². The molecule has 1 aliphatic rings. The molecule has 1 amide bonds. The predicted molar refractivity (Wildman–Crippen MR) is 112 cm³/mol. The van der Waals surface area contributed by atoms with E-state index in [-0.39, 0.29) is 40.4 Å². The summed E-state index contributed by atoms with van der Waals surface area (Å²) in [5.74, 6) is -0.334. The number of carbonyl (C=O) groups is 2. The highest BCUT2D eigenvalue weighted by Gasteiger charge is 2.30. The molecular formula is C20H20N4O5S. The van der Waals surface area contributed by atoms with Crippen LogP contribution in [0.25, 0.3) is 11.0 Å². The number of hydrogen-bond acceptors (Lipinski definition) is 6. The van der Waals surface area contributed by atoms with E-state index in [0.29, 0.717) is 11.0 Å². The smallest absolute Gasteiger partial charge is 0.343 e. The lowest BCUT2D eigenvalue weighted by atomic mass is 10.2. The van der Waals surface area contributed by atoms with Gasteiger partial charge in [-0.15, -0.1) is 0 Å². The molecule has 30 heavy (non-hydrogen) atoms.